The Morgan fingerprint density at radius 1 is 1.57 bits per heavy atom. The van der Waals surface area contributed by atoms with Gasteiger partial charge in [-0.05, 0) is 6.92 Å². The molecule has 0 atom stereocenters. The van der Waals surface area contributed by atoms with Crippen LogP contribution in [0.1, 0.15) is 6.92 Å². The van der Waals surface area contributed by atoms with E-state index in [-0.39, 0.29) is 0 Å². The molecule has 0 bridgehead atoms. The normalized spacial score (nSPS) is 11.1. The highest BCUT2D eigenvalue weighted by molar-refractivity contribution is 5.46. The highest BCUT2D eigenvalue weighted by Crippen LogP contribution is 1.68. The monoisotopic (exact) mass is 99.1 g/mol. The Bertz CT molecular complexity index is 76.1. The Labute approximate surface area is 43.5 Å². The van der Waals surface area contributed by atoms with Gasteiger partial charge in [-0.15, -0.1) is 0 Å². The molecule has 0 amide bonds. The van der Waals surface area contributed by atoms with Crippen molar-refractivity contribution in [3.63, 3.8) is 0 Å². The first-order valence-electron chi connectivity index (χ1n) is 2.07. The molecule has 2 heteroatoms. The summed E-state index contributed by atoms with van der Waals surface area (Å²) < 4.78 is 4.50. The summed E-state index contributed by atoms with van der Waals surface area (Å²) in [6, 6.07) is 0. The predicted molar refractivity (Wildman–Crippen MR) is 30.3 cm³/mol. The minimum absolute atomic E-state index is 1.38. The minimum Gasteiger partial charge on any atom is -0.486 e. The van der Waals surface area contributed by atoms with E-state index in [9.17, 15) is 0 Å². The summed E-state index contributed by atoms with van der Waals surface area (Å²) in [5.74, 6) is 0. The van der Waals surface area contributed by atoms with Gasteiger partial charge < -0.3 is 4.74 Å². The van der Waals surface area contributed by atoms with E-state index in [1.54, 1.807) is 13.3 Å². The molecule has 0 N–H and O–H groups in total. The van der Waals surface area contributed by atoms with Gasteiger partial charge in [0.1, 0.15) is 0 Å². The maximum absolute atomic E-state index is 4.50. The van der Waals surface area contributed by atoms with E-state index in [0.29, 0.717) is 0 Å². The topological polar surface area (TPSA) is 21.6 Å². The van der Waals surface area contributed by atoms with E-state index in [0.717, 1.165) is 0 Å². The summed E-state index contributed by atoms with van der Waals surface area (Å²) in [5, 5.41) is 0. The average Bonchev–Trinajstić information content (AvgIpc) is 1.69. The van der Waals surface area contributed by atoms with Crippen LogP contribution in [0.5, 0.6) is 0 Å². The third-order valence-electron chi connectivity index (χ3n) is 0.401. The lowest BCUT2D eigenvalue weighted by Gasteiger charge is -1.78. The molecule has 0 aliphatic carbocycles. The maximum Gasteiger partial charge on any atom is 0.173 e. The lowest BCUT2D eigenvalue weighted by Crippen LogP contribution is -1.71. The molecule has 7 heavy (non-hydrogen) atoms. The third kappa shape index (κ3) is 5.21. The van der Waals surface area contributed by atoms with Crippen molar-refractivity contribution >= 4 is 6.40 Å². The molecule has 0 spiro atoms. The Kier molecular flexibility index (Phi) is 4.62. The average molecular weight is 99.1 g/mol. The Morgan fingerprint density at radius 2 is 2.29 bits per heavy atom. The van der Waals surface area contributed by atoms with Crippen LogP contribution >= 0.6 is 0 Å². The van der Waals surface area contributed by atoms with Crippen molar-refractivity contribution in [1.29, 1.82) is 0 Å². The molecule has 0 aliphatic rings. The molecule has 0 rings (SSSR count). The van der Waals surface area contributed by atoms with Crippen molar-refractivity contribution < 1.29 is 4.74 Å². The molecule has 0 saturated carbocycles. The highest BCUT2D eigenvalue weighted by atomic mass is 16.5. The summed E-state index contributed by atoms with van der Waals surface area (Å²) in [6.07, 6.45) is 4.86. The van der Waals surface area contributed by atoms with Crippen molar-refractivity contribution in [2.45, 2.75) is 6.92 Å². The molecule has 0 aromatic carbocycles. The molecule has 0 aromatic rings. The fourth-order valence-corrected chi connectivity index (χ4v) is 0.182. The van der Waals surface area contributed by atoms with Gasteiger partial charge in [0.05, 0.1) is 7.11 Å². The second kappa shape index (κ2) is 5.21. The van der Waals surface area contributed by atoms with Crippen LogP contribution in [0.2, 0.25) is 0 Å². The number of rotatable bonds is 2. The van der Waals surface area contributed by atoms with E-state index in [1.165, 1.54) is 6.40 Å². The van der Waals surface area contributed by atoms with Gasteiger partial charge in [0.15, 0.2) is 6.40 Å². The molecule has 0 saturated heterocycles. The number of ether oxygens (including phenoxy) is 1. The largest absolute Gasteiger partial charge is 0.486 e. The molecule has 0 radical (unpaired) electrons. The second-order valence-electron chi connectivity index (χ2n) is 0.973. The van der Waals surface area contributed by atoms with Crippen LogP contribution in [-0.2, 0) is 4.74 Å². The van der Waals surface area contributed by atoms with E-state index in [2.05, 4.69) is 9.73 Å². The van der Waals surface area contributed by atoms with Crippen LogP contribution in [0.3, 0.4) is 0 Å². The number of hydrogen-bond donors (Lipinski definition) is 0. The molecular weight excluding hydrogens is 90.1 g/mol. The summed E-state index contributed by atoms with van der Waals surface area (Å²) in [5.41, 5.74) is 0. The van der Waals surface area contributed by atoms with E-state index < -0.39 is 0 Å². The molecule has 40 valence electrons. The lowest BCUT2D eigenvalue weighted by atomic mass is 10.7. The number of allylic oxidation sites excluding steroid dienone is 1. The van der Waals surface area contributed by atoms with Gasteiger partial charge >= 0.3 is 0 Å². The van der Waals surface area contributed by atoms with Crippen molar-refractivity contribution in [3.8, 4) is 0 Å². The highest BCUT2D eigenvalue weighted by Gasteiger charge is 1.55. The molecule has 2 nitrogen and oxygen atoms in total. The summed E-state index contributed by atoms with van der Waals surface area (Å²) in [7, 11) is 1.56. The Balaban J connectivity index is 3.09. The molecule has 0 fully saturated rings. The van der Waals surface area contributed by atoms with Crippen molar-refractivity contribution in [2.24, 2.45) is 4.99 Å². The van der Waals surface area contributed by atoms with E-state index in [1.807, 2.05) is 13.0 Å². The van der Waals surface area contributed by atoms with Crippen molar-refractivity contribution in [1.82, 2.24) is 0 Å². The fourth-order valence-electron chi connectivity index (χ4n) is 0.182. The molecule has 0 heterocycles. The number of hydrogen-bond acceptors (Lipinski definition) is 2. The van der Waals surface area contributed by atoms with Crippen molar-refractivity contribution in [2.75, 3.05) is 7.11 Å². The summed E-state index contributed by atoms with van der Waals surface area (Å²) >= 11 is 0. The van der Waals surface area contributed by atoms with Crippen LogP contribution in [0.15, 0.2) is 17.3 Å². The van der Waals surface area contributed by atoms with Gasteiger partial charge in [-0.3, -0.25) is 0 Å². The number of methoxy groups -OCH3 is 1. The molecule has 0 unspecified atom stereocenters. The molecule has 0 aliphatic heterocycles. The third-order valence-corrected chi connectivity index (χ3v) is 0.401. The zero-order valence-corrected chi connectivity index (χ0v) is 4.59. The van der Waals surface area contributed by atoms with E-state index >= 15 is 0 Å². The van der Waals surface area contributed by atoms with Crippen molar-refractivity contribution in [3.05, 3.63) is 12.3 Å². The Hall–Kier alpha value is -0.790. The van der Waals surface area contributed by atoms with Gasteiger partial charge in [-0.25, -0.2) is 4.99 Å². The SMILES string of the molecule is C/C=C/N=C/OC. The van der Waals surface area contributed by atoms with Gasteiger partial charge in [-0.1, -0.05) is 6.08 Å². The molecular formula is C5H9NO. The van der Waals surface area contributed by atoms with E-state index in [4.69, 9.17) is 0 Å². The quantitative estimate of drug-likeness (QED) is 0.376. The lowest BCUT2D eigenvalue weighted by molar-refractivity contribution is 0.423. The first kappa shape index (κ1) is 6.21. The molecule has 0 aromatic heterocycles. The second-order valence-corrected chi connectivity index (χ2v) is 0.973. The van der Waals surface area contributed by atoms with Gasteiger partial charge in [0.25, 0.3) is 0 Å². The minimum atomic E-state index is 1.38. The smallest absolute Gasteiger partial charge is 0.173 e. The zero-order chi connectivity index (χ0) is 5.54. The van der Waals surface area contributed by atoms with Gasteiger partial charge in [0.2, 0.25) is 0 Å². The van der Waals surface area contributed by atoms with Crippen LogP contribution < -0.4 is 0 Å². The predicted octanol–water partition coefficient (Wildman–Crippen LogP) is 1.19. The van der Waals surface area contributed by atoms with Gasteiger partial charge in [-0.2, -0.15) is 0 Å². The maximum atomic E-state index is 4.50. The summed E-state index contributed by atoms with van der Waals surface area (Å²) in [4.78, 5) is 3.68. The van der Waals surface area contributed by atoms with Crippen LogP contribution in [0, 0.1) is 0 Å². The van der Waals surface area contributed by atoms with Crippen LogP contribution in [0.25, 0.3) is 0 Å². The zero-order valence-electron chi connectivity index (χ0n) is 4.59. The fraction of sp³-hybridized carbons (Fsp3) is 0.400. The number of nitrogens with zero attached hydrogens (tertiary/aromatic N) is 1. The first-order chi connectivity index (χ1) is 3.41. The number of aliphatic imine (C=N–C) groups is 1. The van der Waals surface area contributed by atoms with Gasteiger partial charge in [0, 0.05) is 6.20 Å². The Morgan fingerprint density at radius 3 is 2.71 bits per heavy atom. The summed E-state index contributed by atoms with van der Waals surface area (Å²) in [6.45, 7) is 1.90. The standard InChI is InChI=1S/C5H9NO/c1-3-4-6-5-7-2/h3-5H,1-2H3/b4-3+,6-5+. The first-order valence-corrected chi connectivity index (χ1v) is 2.07. The van der Waals surface area contributed by atoms with Crippen LogP contribution in [-0.4, -0.2) is 13.5 Å². The van der Waals surface area contributed by atoms with Crippen LogP contribution in [0.4, 0.5) is 0 Å².